The van der Waals surface area contributed by atoms with Gasteiger partial charge in [0.05, 0.1) is 14.2 Å². The largest absolute Gasteiger partial charge is 0.495 e. The van der Waals surface area contributed by atoms with Gasteiger partial charge in [-0.25, -0.2) is 0 Å². The topological polar surface area (TPSA) is 88.2 Å². The molecule has 8 nitrogen and oxygen atoms in total. The minimum Gasteiger partial charge on any atom is -0.495 e. The molecule has 1 N–H and O–H groups in total. The third-order valence-electron chi connectivity index (χ3n) is 4.16. The molecule has 1 aromatic rings. The van der Waals surface area contributed by atoms with Crippen molar-refractivity contribution in [3.05, 3.63) is 22.2 Å². The number of nitrogens with one attached hydrogen (secondary N) is 1. The van der Waals surface area contributed by atoms with E-state index in [9.17, 15) is 14.4 Å². The van der Waals surface area contributed by atoms with Crippen LogP contribution in [0.3, 0.4) is 0 Å². The molecule has 1 saturated heterocycles. The minimum atomic E-state index is -0.618. The molecule has 2 rings (SSSR count). The molecule has 1 heterocycles. The number of nitrogens with zero attached hydrogens (tertiary/aromatic N) is 2. The maximum atomic E-state index is 12.8. The summed E-state index contributed by atoms with van der Waals surface area (Å²) in [6, 6.07) is 3.18. The monoisotopic (exact) mass is 441 g/mol. The lowest BCUT2D eigenvalue weighted by Crippen LogP contribution is -2.54. The first-order valence-corrected chi connectivity index (χ1v) is 9.38. The molecule has 0 unspecified atom stereocenters. The number of methoxy groups -OCH3 is 2. The lowest BCUT2D eigenvalue weighted by Gasteiger charge is -2.34. The zero-order valence-corrected chi connectivity index (χ0v) is 17.5. The number of carbonyl (C=O) groups is 3. The molecule has 1 aromatic carbocycles. The van der Waals surface area contributed by atoms with E-state index in [0.717, 1.165) is 0 Å². The molecule has 1 aliphatic heterocycles. The summed E-state index contributed by atoms with van der Waals surface area (Å²) >= 11 is 3.38. The normalized spacial score (nSPS) is 14.1. The van der Waals surface area contributed by atoms with E-state index in [4.69, 9.17) is 9.47 Å². The van der Waals surface area contributed by atoms with Crippen LogP contribution in [0.4, 0.5) is 0 Å². The Balaban J connectivity index is 2.05. The van der Waals surface area contributed by atoms with Crippen molar-refractivity contribution < 1.29 is 23.9 Å². The molecule has 1 aliphatic rings. The molecule has 27 heavy (non-hydrogen) atoms. The lowest BCUT2D eigenvalue weighted by molar-refractivity contribution is -0.147. The van der Waals surface area contributed by atoms with Crippen LogP contribution in [0.25, 0.3) is 0 Å². The van der Waals surface area contributed by atoms with E-state index in [-0.39, 0.29) is 11.9 Å². The van der Waals surface area contributed by atoms with Crippen molar-refractivity contribution in [1.82, 2.24) is 15.1 Å². The van der Waals surface area contributed by atoms with Crippen LogP contribution in [0.5, 0.6) is 11.5 Å². The molecule has 0 bridgehead atoms. The van der Waals surface area contributed by atoms with Gasteiger partial charge in [-0.2, -0.15) is 0 Å². The average Bonchev–Trinajstić information content (AvgIpc) is 2.66. The Morgan fingerprint density at radius 2 is 1.48 bits per heavy atom. The van der Waals surface area contributed by atoms with Crippen LogP contribution in [0, 0.1) is 0 Å². The molecule has 9 heteroatoms. The maximum Gasteiger partial charge on any atom is 0.312 e. The summed E-state index contributed by atoms with van der Waals surface area (Å²) < 4.78 is 11.2. The molecule has 148 valence electrons. The van der Waals surface area contributed by atoms with Crippen LogP contribution in [0.2, 0.25) is 0 Å². The van der Waals surface area contributed by atoms with E-state index < -0.39 is 11.8 Å². The van der Waals surface area contributed by atoms with Gasteiger partial charge in [-0.15, -0.1) is 0 Å². The highest BCUT2D eigenvalue weighted by molar-refractivity contribution is 9.10. The summed E-state index contributed by atoms with van der Waals surface area (Å²) in [5.74, 6) is -0.374. The third-order valence-corrected chi connectivity index (χ3v) is 4.94. The molecule has 0 spiro atoms. The molecular weight excluding hydrogens is 418 g/mol. The van der Waals surface area contributed by atoms with Crippen molar-refractivity contribution in [2.75, 3.05) is 40.4 Å². The first kappa shape index (κ1) is 21.0. The number of amides is 3. The summed E-state index contributed by atoms with van der Waals surface area (Å²) in [5.41, 5.74) is 0.434. The van der Waals surface area contributed by atoms with Gasteiger partial charge >= 0.3 is 11.8 Å². The number of piperazine rings is 1. The van der Waals surface area contributed by atoms with Crippen molar-refractivity contribution in [3.63, 3.8) is 0 Å². The van der Waals surface area contributed by atoms with Gasteiger partial charge in [0.2, 0.25) is 0 Å². The summed E-state index contributed by atoms with van der Waals surface area (Å²) in [4.78, 5) is 39.9. The predicted octanol–water partition coefficient (Wildman–Crippen LogP) is 1.28. The van der Waals surface area contributed by atoms with Gasteiger partial charge in [0.15, 0.2) is 0 Å². The fraction of sp³-hybridized carbons (Fsp3) is 0.500. The summed E-state index contributed by atoms with van der Waals surface area (Å²) in [6.07, 6.45) is 0. The second-order valence-electron chi connectivity index (χ2n) is 6.41. The van der Waals surface area contributed by atoms with Gasteiger partial charge in [0, 0.05) is 37.8 Å². The highest BCUT2D eigenvalue weighted by atomic mass is 79.9. The fourth-order valence-electron chi connectivity index (χ4n) is 2.76. The fourth-order valence-corrected chi connectivity index (χ4v) is 3.31. The Kier molecular flexibility index (Phi) is 7.06. The molecule has 3 amide bonds. The van der Waals surface area contributed by atoms with E-state index in [1.54, 1.807) is 30.9 Å². The van der Waals surface area contributed by atoms with Crippen molar-refractivity contribution in [2.45, 2.75) is 19.9 Å². The van der Waals surface area contributed by atoms with Crippen LogP contribution in [0.15, 0.2) is 16.6 Å². The first-order chi connectivity index (χ1) is 12.8. The molecule has 0 aliphatic carbocycles. The second-order valence-corrected chi connectivity index (χ2v) is 7.20. The van der Waals surface area contributed by atoms with Gasteiger partial charge in [-0.1, -0.05) is 0 Å². The Hall–Kier alpha value is -2.29. The number of ether oxygens (including phenoxy) is 2. The minimum absolute atomic E-state index is 0.105. The van der Waals surface area contributed by atoms with Crippen LogP contribution in [-0.4, -0.2) is 74.0 Å². The molecule has 1 fully saturated rings. The zero-order valence-electron chi connectivity index (χ0n) is 15.9. The number of hydrogen-bond acceptors (Lipinski definition) is 5. The highest BCUT2D eigenvalue weighted by Crippen LogP contribution is 2.36. The van der Waals surface area contributed by atoms with Crippen molar-refractivity contribution in [3.8, 4) is 11.5 Å². The smallest absolute Gasteiger partial charge is 0.312 e. The SMILES string of the molecule is COc1cc(C(=O)N2CCN(C(=O)C(=O)NC(C)C)CC2)cc(OC)c1Br. The molecule has 0 atom stereocenters. The van der Waals surface area contributed by atoms with E-state index in [1.165, 1.54) is 19.1 Å². The highest BCUT2D eigenvalue weighted by Gasteiger charge is 2.29. The van der Waals surface area contributed by atoms with Gasteiger partial charge < -0.3 is 24.6 Å². The number of halogens is 1. The molecule has 0 aromatic heterocycles. The van der Waals surface area contributed by atoms with Gasteiger partial charge in [0.25, 0.3) is 5.91 Å². The third kappa shape index (κ3) is 4.91. The average molecular weight is 442 g/mol. The van der Waals surface area contributed by atoms with Crippen LogP contribution < -0.4 is 14.8 Å². The molecule has 0 radical (unpaired) electrons. The van der Waals surface area contributed by atoms with Gasteiger partial charge in [0.1, 0.15) is 16.0 Å². The predicted molar refractivity (Wildman–Crippen MR) is 103 cm³/mol. The first-order valence-electron chi connectivity index (χ1n) is 8.59. The van der Waals surface area contributed by atoms with Crippen molar-refractivity contribution >= 4 is 33.7 Å². The van der Waals surface area contributed by atoms with Crippen LogP contribution in [-0.2, 0) is 9.59 Å². The van der Waals surface area contributed by atoms with Gasteiger partial charge in [-0.05, 0) is 41.9 Å². The van der Waals surface area contributed by atoms with E-state index in [2.05, 4.69) is 21.2 Å². The Bertz CT molecular complexity index is 705. The Morgan fingerprint density at radius 3 is 1.93 bits per heavy atom. The maximum absolute atomic E-state index is 12.8. The lowest BCUT2D eigenvalue weighted by atomic mass is 10.1. The molecule has 0 saturated carbocycles. The Labute approximate surface area is 166 Å². The molecular formula is C18H24BrN3O5. The summed E-state index contributed by atoms with van der Waals surface area (Å²) in [7, 11) is 3.03. The second kappa shape index (κ2) is 9.07. The van der Waals surface area contributed by atoms with Crippen molar-refractivity contribution in [1.29, 1.82) is 0 Å². The Morgan fingerprint density at radius 1 is 1.00 bits per heavy atom. The summed E-state index contributed by atoms with van der Waals surface area (Å²) in [5, 5.41) is 2.59. The van der Waals surface area contributed by atoms with Crippen LogP contribution in [0.1, 0.15) is 24.2 Å². The number of rotatable bonds is 4. The van der Waals surface area contributed by atoms with Gasteiger partial charge in [-0.3, -0.25) is 14.4 Å². The van der Waals surface area contributed by atoms with E-state index >= 15 is 0 Å². The zero-order chi connectivity index (χ0) is 20.1. The quantitative estimate of drug-likeness (QED) is 0.710. The summed E-state index contributed by atoms with van der Waals surface area (Å²) in [6.45, 7) is 4.90. The van der Waals surface area contributed by atoms with E-state index in [1.807, 2.05) is 0 Å². The number of hydrogen-bond donors (Lipinski definition) is 1. The van der Waals surface area contributed by atoms with Crippen molar-refractivity contribution in [2.24, 2.45) is 0 Å². The standard InChI is InChI=1S/C18H24BrN3O5/c1-11(2)20-16(23)18(25)22-7-5-21(6-8-22)17(24)12-9-13(26-3)15(19)14(10-12)27-4/h9-11H,5-8H2,1-4H3,(H,20,23). The van der Waals surface area contributed by atoms with E-state index in [0.29, 0.717) is 47.7 Å². The number of carbonyl (C=O) groups excluding carboxylic acids is 3. The number of benzene rings is 1. The van der Waals surface area contributed by atoms with Crippen LogP contribution >= 0.6 is 15.9 Å².